The zero-order valence-corrected chi connectivity index (χ0v) is 17.3. The highest BCUT2D eigenvalue weighted by molar-refractivity contribution is 5.96. The van der Waals surface area contributed by atoms with Crippen LogP contribution in [0.5, 0.6) is 11.5 Å². The summed E-state index contributed by atoms with van der Waals surface area (Å²) in [7, 11) is 0. The highest BCUT2D eigenvalue weighted by Crippen LogP contribution is 2.34. The SMILES string of the molecule is C[C@@H](C(=O)Nc1ccccc1C#N)N1CCC(C(=O)Nc2ccc3c(c2)OCO3)CC1. The van der Waals surface area contributed by atoms with Crippen LogP contribution >= 0.6 is 0 Å². The number of amides is 2. The second-order valence-corrected chi connectivity index (χ2v) is 7.69. The molecule has 8 nitrogen and oxygen atoms in total. The van der Waals surface area contributed by atoms with E-state index in [1.54, 1.807) is 42.5 Å². The Labute approximate surface area is 180 Å². The first kappa shape index (κ1) is 20.7. The van der Waals surface area contributed by atoms with E-state index in [2.05, 4.69) is 21.6 Å². The average molecular weight is 420 g/mol. The first-order valence-corrected chi connectivity index (χ1v) is 10.3. The van der Waals surface area contributed by atoms with Gasteiger partial charge in [0.2, 0.25) is 18.6 Å². The topological polar surface area (TPSA) is 104 Å². The normalized spacial score (nSPS) is 16.9. The van der Waals surface area contributed by atoms with Gasteiger partial charge in [-0.2, -0.15) is 5.26 Å². The molecule has 8 heteroatoms. The van der Waals surface area contributed by atoms with Gasteiger partial charge in [0.1, 0.15) is 6.07 Å². The lowest BCUT2D eigenvalue weighted by molar-refractivity contribution is -0.123. The van der Waals surface area contributed by atoms with Crippen LogP contribution in [0.25, 0.3) is 0 Å². The summed E-state index contributed by atoms with van der Waals surface area (Å²) < 4.78 is 10.6. The van der Waals surface area contributed by atoms with E-state index in [4.69, 9.17) is 9.47 Å². The van der Waals surface area contributed by atoms with Gasteiger partial charge in [-0.15, -0.1) is 0 Å². The zero-order valence-electron chi connectivity index (χ0n) is 17.3. The molecule has 1 saturated heterocycles. The first-order valence-electron chi connectivity index (χ1n) is 10.3. The van der Waals surface area contributed by atoms with Gasteiger partial charge in [0.25, 0.3) is 0 Å². The Hall–Kier alpha value is -3.57. The number of likely N-dealkylation sites (tertiary alicyclic amines) is 1. The maximum Gasteiger partial charge on any atom is 0.241 e. The van der Waals surface area contributed by atoms with Gasteiger partial charge in [-0.25, -0.2) is 0 Å². The molecule has 2 aliphatic heterocycles. The molecule has 2 N–H and O–H groups in total. The monoisotopic (exact) mass is 420 g/mol. The average Bonchev–Trinajstić information content (AvgIpc) is 3.27. The largest absolute Gasteiger partial charge is 0.454 e. The standard InChI is InChI=1S/C23H24N4O4/c1-15(22(28)26-19-5-3-2-4-17(19)13-24)27-10-8-16(9-11-27)23(29)25-18-6-7-20-21(12-18)31-14-30-20/h2-7,12,15-16H,8-11,14H2,1H3,(H,25,29)(H,26,28)/t15-/m0/s1. The number of carbonyl (C=O) groups excluding carboxylic acids is 2. The number of fused-ring (bicyclic) bond motifs is 1. The van der Waals surface area contributed by atoms with Crippen molar-refractivity contribution in [2.45, 2.75) is 25.8 Å². The molecular weight excluding hydrogens is 396 g/mol. The molecule has 1 atom stereocenters. The van der Waals surface area contributed by atoms with E-state index < -0.39 is 0 Å². The van der Waals surface area contributed by atoms with Crippen molar-refractivity contribution in [3.63, 3.8) is 0 Å². The van der Waals surface area contributed by atoms with Crippen LogP contribution in [0.2, 0.25) is 0 Å². The van der Waals surface area contributed by atoms with Crippen LogP contribution < -0.4 is 20.1 Å². The molecule has 0 spiro atoms. The molecule has 2 amide bonds. The van der Waals surface area contributed by atoms with Gasteiger partial charge in [-0.1, -0.05) is 12.1 Å². The van der Waals surface area contributed by atoms with E-state index in [-0.39, 0.29) is 30.6 Å². The Morgan fingerprint density at radius 3 is 2.61 bits per heavy atom. The van der Waals surface area contributed by atoms with E-state index in [1.807, 2.05) is 6.92 Å². The third-order valence-electron chi connectivity index (χ3n) is 5.77. The van der Waals surface area contributed by atoms with Crippen molar-refractivity contribution in [3.05, 3.63) is 48.0 Å². The van der Waals surface area contributed by atoms with Crippen LogP contribution in [0.1, 0.15) is 25.3 Å². The van der Waals surface area contributed by atoms with Crippen LogP contribution in [0.3, 0.4) is 0 Å². The molecule has 2 heterocycles. The number of anilines is 2. The summed E-state index contributed by atoms with van der Waals surface area (Å²) in [6.07, 6.45) is 1.34. The highest BCUT2D eigenvalue weighted by atomic mass is 16.7. The lowest BCUT2D eigenvalue weighted by Gasteiger charge is -2.34. The molecule has 160 valence electrons. The van der Waals surface area contributed by atoms with Crippen LogP contribution in [-0.4, -0.2) is 42.6 Å². The van der Waals surface area contributed by atoms with Crippen molar-refractivity contribution >= 4 is 23.2 Å². The summed E-state index contributed by atoms with van der Waals surface area (Å²) in [5.74, 6) is 1.00. The second-order valence-electron chi connectivity index (χ2n) is 7.69. The predicted octanol–water partition coefficient (Wildman–Crippen LogP) is 2.96. The number of nitrogens with zero attached hydrogens (tertiary/aromatic N) is 2. The van der Waals surface area contributed by atoms with E-state index in [1.165, 1.54) is 0 Å². The van der Waals surface area contributed by atoms with Crippen molar-refractivity contribution < 1.29 is 19.1 Å². The lowest BCUT2D eigenvalue weighted by atomic mass is 9.94. The van der Waals surface area contributed by atoms with E-state index in [9.17, 15) is 14.9 Å². The van der Waals surface area contributed by atoms with Crippen LogP contribution in [0.15, 0.2) is 42.5 Å². The Morgan fingerprint density at radius 1 is 1.10 bits per heavy atom. The van der Waals surface area contributed by atoms with Crippen LogP contribution in [-0.2, 0) is 9.59 Å². The molecule has 0 saturated carbocycles. The number of carbonyl (C=O) groups is 2. The molecule has 0 radical (unpaired) electrons. The molecule has 2 aromatic carbocycles. The number of ether oxygens (including phenoxy) is 2. The van der Waals surface area contributed by atoms with Gasteiger partial charge in [0.15, 0.2) is 11.5 Å². The summed E-state index contributed by atoms with van der Waals surface area (Å²) in [4.78, 5) is 27.4. The van der Waals surface area contributed by atoms with Crippen molar-refractivity contribution in [2.75, 3.05) is 30.5 Å². The number of rotatable bonds is 5. The summed E-state index contributed by atoms with van der Waals surface area (Å²) in [6.45, 7) is 3.33. The third kappa shape index (κ3) is 4.62. The maximum atomic E-state index is 12.7. The summed E-state index contributed by atoms with van der Waals surface area (Å²) in [6, 6.07) is 14.0. The van der Waals surface area contributed by atoms with Gasteiger partial charge in [-0.05, 0) is 57.1 Å². The predicted molar refractivity (Wildman–Crippen MR) is 115 cm³/mol. The Morgan fingerprint density at radius 2 is 1.84 bits per heavy atom. The van der Waals surface area contributed by atoms with Crippen LogP contribution in [0.4, 0.5) is 11.4 Å². The molecule has 2 aromatic rings. The molecule has 0 bridgehead atoms. The fourth-order valence-electron chi connectivity index (χ4n) is 3.86. The molecule has 0 aliphatic carbocycles. The molecule has 1 fully saturated rings. The quantitative estimate of drug-likeness (QED) is 0.771. The summed E-state index contributed by atoms with van der Waals surface area (Å²) in [5.41, 5.74) is 1.63. The molecule has 2 aliphatic rings. The molecule has 4 rings (SSSR count). The number of benzene rings is 2. The van der Waals surface area contributed by atoms with Gasteiger partial charge in [-0.3, -0.25) is 14.5 Å². The van der Waals surface area contributed by atoms with Crippen molar-refractivity contribution in [2.24, 2.45) is 5.92 Å². The molecule has 0 unspecified atom stereocenters. The summed E-state index contributed by atoms with van der Waals surface area (Å²) >= 11 is 0. The second kappa shape index (κ2) is 9.06. The van der Waals surface area contributed by atoms with Gasteiger partial charge in [0, 0.05) is 17.7 Å². The number of para-hydroxylation sites is 1. The van der Waals surface area contributed by atoms with E-state index in [0.29, 0.717) is 54.4 Å². The highest BCUT2D eigenvalue weighted by Gasteiger charge is 2.30. The Balaban J connectivity index is 1.29. The fourth-order valence-corrected chi connectivity index (χ4v) is 3.86. The zero-order chi connectivity index (χ0) is 21.8. The molecular formula is C23H24N4O4. The maximum absolute atomic E-state index is 12.7. The third-order valence-corrected chi connectivity index (χ3v) is 5.77. The number of piperidine rings is 1. The first-order chi connectivity index (χ1) is 15.0. The van der Waals surface area contributed by atoms with Crippen LogP contribution in [0, 0.1) is 17.2 Å². The number of hydrogen-bond acceptors (Lipinski definition) is 6. The van der Waals surface area contributed by atoms with Crippen molar-refractivity contribution in [1.29, 1.82) is 5.26 Å². The van der Waals surface area contributed by atoms with Crippen molar-refractivity contribution in [1.82, 2.24) is 4.90 Å². The number of hydrogen-bond donors (Lipinski definition) is 2. The fraction of sp³-hybridized carbons (Fsp3) is 0.348. The van der Waals surface area contributed by atoms with E-state index >= 15 is 0 Å². The Kier molecular flexibility index (Phi) is 6.05. The number of nitriles is 1. The lowest BCUT2D eigenvalue weighted by Crippen LogP contribution is -2.47. The van der Waals surface area contributed by atoms with Crippen molar-refractivity contribution in [3.8, 4) is 17.6 Å². The van der Waals surface area contributed by atoms with Gasteiger partial charge >= 0.3 is 0 Å². The minimum Gasteiger partial charge on any atom is -0.454 e. The van der Waals surface area contributed by atoms with E-state index in [0.717, 1.165) is 0 Å². The molecule has 31 heavy (non-hydrogen) atoms. The minimum absolute atomic E-state index is 0.0291. The smallest absolute Gasteiger partial charge is 0.241 e. The Bertz CT molecular complexity index is 1020. The minimum atomic E-state index is -0.357. The summed E-state index contributed by atoms with van der Waals surface area (Å²) in [5, 5.41) is 15.0. The van der Waals surface area contributed by atoms with Gasteiger partial charge < -0.3 is 20.1 Å². The molecule has 0 aromatic heterocycles. The van der Waals surface area contributed by atoms with Gasteiger partial charge in [0.05, 0.1) is 17.3 Å². The number of nitrogens with one attached hydrogen (secondary N) is 2.